The predicted octanol–water partition coefficient (Wildman–Crippen LogP) is 3.92. The first-order chi connectivity index (χ1) is 18.0. The number of ether oxygens (including phenoxy) is 1. The van der Waals surface area contributed by atoms with Crippen molar-refractivity contribution in [3.8, 4) is 5.75 Å². The van der Waals surface area contributed by atoms with E-state index in [1.807, 2.05) is 4.72 Å². The lowest BCUT2D eigenvalue weighted by molar-refractivity contribution is -0.383. The lowest BCUT2D eigenvalue weighted by Crippen LogP contribution is -2.31. The number of nitrogens with one attached hydrogen (secondary N) is 3. The Balaban J connectivity index is 1.73. The minimum Gasteiger partial charge on any atom is -0.497 e. The van der Waals surface area contributed by atoms with Crippen molar-refractivity contribution < 1.29 is 27.7 Å². The first-order valence-corrected chi connectivity index (χ1v) is 12.6. The Hall–Kier alpha value is -4.91. The highest BCUT2D eigenvalue weighted by molar-refractivity contribution is 7.90. The number of aryl methyl sites for hydroxylation is 1. The van der Waals surface area contributed by atoms with Crippen molar-refractivity contribution in [1.29, 1.82) is 0 Å². The molecule has 0 unspecified atom stereocenters. The molecule has 0 spiro atoms. The number of anilines is 3. The van der Waals surface area contributed by atoms with Crippen LogP contribution in [0.1, 0.15) is 17.4 Å². The third-order valence-corrected chi connectivity index (χ3v) is 7.01. The molecule has 1 aromatic heterocycles. The molecule has 0 aliphatic rings. The van der Waals surface area contributed by atoms with Gasteiger partial charge in [-0.3, -0.25) is 19.7 Å². The maximum Gasteiger partial charge on any atom is 0.293 e. The molecule has 38 heavy (non-hydrogen) atoms. The van der Waals surface area contributed by atoms with Gasteiger partial charge in [-0.15, -0.1) is 0 Å². The van der Waals surface area contributed by atoms with E-state index in [0.29, 0.717) is 28.2 Å². The van der Waals surface area contributed by atoms with E-state index in [1.165, 1.54) is 68.1 Å². The zero-order valence-corrected chi connectivity index (χ0v) is 21.3. The molecule has 0 aliphatic heterocycles. The van der Waals surface area contributed by atoms with Crippen molar-refractivity contribution in [3.63, 3.8) is 0 Å². The summed E-state index contributed by atoms with van der Waals surface area (Å²) < 4.78 is 33.9. The Morgan fingerprint density at radius 1 is 1.00 bits per heavy atom. The molecule has 1 heterocycles. The molecule has 0 bridgehead atoms. The molecular weight excluding hydrogens is 514 g/mol. The van der Waals surface area contributed by atoms with Crippen LogP contribution in [0.2, 0.25) is 0 Å². The summed E-state index contributed by atoms with van der Waals surface area (Å²) in [6.07, 6.45) is 0. The molecule has 0 radical (unpaired) electrons. The maximum absolute atomic E-state index is 13.1. The van der Waals surface area contributed by atoms with Gasteiger partial charge in [0.05, 0.1) is 16.9 Å². The molecule has 0 saturated heterocycles. The molecule has 13 heteroatoms. The number of carbonyl (C=O) groups is 2. The van der Waals surface area contributed by atoms with Crippen molar-refractivity contribution in [1.82, 2.24) is 9.29 Å². The van der Waals surface area contributed by atoms with Gasteiger partial charge in [-0.25, -0.2) is 13.1 Å². The second-order valence-corrected chi connectivity index (χ2v) is 9.92. The SMILES string of the molecule is COc1ccc(S(=O)(=O)NC(=O)c2cc3c(Nc4cccc(NC(C)=O)c4)ccc([N+](=O)[O-])c3n2C)cc1. The van der Waals surface area contributed by atoms with Crippen LogP contribution in [0.15, 0.2) is 71.6 Å². The summed E-state index contributed by atoms with van der Waals surface area (Å²) in [7, 11) is -1.37. The van der Waals surface area contributed by atoms with E-state index >= 15 is 0 Å². The van der Waals surface area contributed by atoms with Gasteiger partial charge in [-0.2, -0.15) is 0 Å². The Kier molecular flexibility index (Phi) is 7.04. The first-order valence-electron chi connectivity index (χ1n) is 11.1. The van der Waals surface area contributed by atoms with E-state index in [9.17, 15) is 28.1 Å². The molecule has 2 amide bonds. The minimum atomic E-state index is -4.24. The maximum atomic E-state index is 13.1. The number of aromatic nitrogens is 1. The number of nitro groups is 1. The fourth-order valence-corrected chi connectivity index (χ4v) is 4.91. The highest BCUT2D eigenvalue weighted by Gasteiger charge is 2.26. The second kappa shape index (κ2) is 10.2. The monoisotopic (exact) mass is 537 g/mol. The van der Waals surface area contributed by atoms with E-state index in [-0.39, 0.29) is 27.7 Å². The number of benzene rings is 3. The number of carbonyl (C=O) groups excluding carboxylic acids is 2. The van der Waals surface area contributed by atoms with E-state index < -0.39 is 20.9 Å². The fourth-order valence-electron chi connectivity index (χ4n) is 3.94. The quantitative estimate of drug-likeness (QED) is 0.225. The molecule has 3 aromatic carbocycles. The lowest BCUT2D eigenvalue weighted by Gasteiger charge is -2.10. The van der Waals surface area contributed by atoms with E-state index in [4.69, 9.17) is 4.74 Å². The number of methoxy groups -OCH3 is 1. The van der Waals surface area contributed by atoms with Gasteiger partial charge in [-0.1, -0.05) is 6.07 Å². The van der Waals surface area contributed by atoms with E-state index in [1.54, 1.807) is 24.3 Å². The Morgan fingerprint density at radius 3 is 2.32 bits per heavy atom. The van der Waals surface area contributed by atoms with Crippen LogP contribution < -0.4 is 20.1 Å². The summed E-state index contributed by atoms with van der Waals surface area (Å²) >= 11 is 0. The molecule has 3 N–H and O–H groups in total. The summed E-state index contributed by atoms with van der Waals surface area (Å²) in [6.45, 7) is 1.38. The highest BCUT2D eigenvalue weighted by atomic mass is 32.2. The summed E-state index contributed by atoms with van der Waals surface area (Å²) in [5.74, 6) is -0.769. The van der Waals surface area contributed by atoms with E-state index in [0.717, 1.165) is 0 Å². The lowest BCUT2D eigenvalue weighted by atomic mass is 10.1. The van der Waals surface area contributed by atoms with Gasteiger partial charge in [0.1, 0.15) is 17.0 Å². The van der Waals surface area contributed by atoms with Crippen LogP contribution in [-0.2, 0) is 21.9 Å². The predicted molar refractivity (Wildman–Crippen MR) is 141 cm³/mol. The van der Waals surface area contributed by atoms with E-state index in [2.05, 4.69) is 10.6 Å². The van der Waals surface area contributed by atoms with Gasteiger partial charge in [0.25, 0.3) is 21.6 Å². The smallest absolute Gasteiger partial charge is 0.293 e. The van der Waals surface area contributed by atoms with Crippen LogP contribution >= 0.6 is 0 Å². The number of sulfonamides is 1. The molecule has 0 aliphatic carbocycles. The van der Waals surface area contributed by atoms with Crippen LogP contribution in [0.3, 0.4) is 0 Å². The van der Waals surface area contributed by atoms with Crippen LogP contribution in [0.4, 0.5) is 22.7 Å². The zero-order chi connectivity index (χ0) is 27.6. The van der Waals surface area contributed by atoms with Gasteiger partial charge >= 0.3 is 0 Å². The number of non-ortho nitro benzene ring substituents is 1. The average molecular weight is 538 g/mol. The van der Waals surface area contributed by atoms with Crippen molar-refractivity contribution in [2.24, 2.45) is 7.05 Å². The van der Waals surface area contributed by atoms with Crippen molar-refractivity contribution in [2.45, 2.75) is 11.8 Å². The molecule has 196 valence electrons. The van der Waals surface area contributed by atoms with Gasteiger partial charge in [0.15, 0.2) is 0 Å². The molecule has 0 fully saturated rings. The summed E-state index contributed by atoms with van der Waals surface area (Å²) in [5, 5.41) is 17.9. The number of amides is 2. The average Bonchev–Trinajstić information content (AvgIpc) is 3.21. The molecule has 12 nitrogen and oxygen atoms in total. The summed E-state index contributed by atoms with van der Waals surface area (Å²) in [4.78, 5) is 35.5. The number of fused-ring (bicyclic) bond motifs is 1. The van der Waals surface area contributed by atoms with Gasteiger partial charge < -0.3 is 19.9 Å². The molecule has 0 atom stereocenters. The number of hydrogen-bond donors (Lipinski definition) is 3. The number of nitro benzene ring substituents is 1. The van der Waals surface area contributed by atoms with Crippen molar-refractivity contribution in [3.05, 3.63) is 82.5 Å². The summed E-state index contributed by atoms with van der Waals surface area (Å²) in [5.41, 5.74) is 1.28. The summed E-state index contributed by atoms with van der Waals surface area (Å²) in [6, 6.07) is 16.4. The Bertz CT molecular complexity index is 1680. The normalized spacial score (nSPS) is 11.1. The van der Waals surface area contributed by atoms with Gasteiger partial charge in [-0.05, 0) is 54.6 Å². The molecule has 0 saturated carbocycles. The topological polar surface area (TPSA) is 162 Å². The van der Waals surface area contributed by atoms with Gasteiger partial charge in [0.2, 0.25) is 5.91 Å². The first kappa shape index (κ1) is 26.2. The van der Waals surface area contributed by atoms with Crippen molar-refractivity contribution in [2.75, 3.05) is 17.7 Å². The van der Waals surface area contributed by atoms with Crippen LogP contribution in [0.5, 0.6) is 5.75 Å². The number of rotatable bonds is 8. The number of nitrogens with zero attached hydrogens (tertiary/aromatic N) is 2. The fraction of sp³-hybridized carbons (Fsp3) is 0.120. The largest absolute Gasteiger partial charge is 0.497 e. The van der Waals surface area contributed by atoms with Gasteiger partial charge in [0, 0.05) is 42.5 Å². The third kappa shape index (κ3) is 5.27. The second-order valence-electron chi connectivity index (χ2n) is 8.24. The Morgan fingerprint density at radius 2 is 1.68 bits per heavy atom. The molecule has 4 aromatic rings. The Labute approximate surface area is 217 Å². The standard InChI is InChI=1S/C25H23N5O7S/c1-15(31)26-16-5-4-6-17(13-16)27-21-11-12-22(30(33)34)24-20(21)14-23(29(24)2)25(32)28-38(35,36)19-9-7-18(37-3)8-10-19/h4-14,27H,1-3H3,(H,26,31)(H,28,32). The number of hydrogen-bond acceptors (Lipinski definition) is 8. The molecular formula is C25H23N5O7S. The minimum absolute atomic E-state index is 0.110. The molecule has 4 rings (SSSR count). The van der Waals surface area contributed by atoms with Crippen LogP contribution in [-0.4, -0.2) is 36.8 Å². The van der Waals surface area contributed by atoms with Crippen LogP contribution in [0, 0.1) is 10.1 Å². The zero-order valence-electron chi connectivity index (χ0n) is 20.5. The highest BCUT2D eigenvalue weighted by Crippen LogP contribution is 2.35. The van der Waals surface area contributed by atoms with Crippen LogP contribution in [0.25, 0.3) is 10.9 Å². The van der Waals surface area contributed by atoms with Crippen molar-refractivity contribution >= 4 is 55.5 Å². The third-order valence-electron chi connectivity index (χ3n) is 5.66.